The number of likely N-dealkylation sites (N-methyl/N-ethyl adjacent to an activating group) is 1. The molecule has 138 valence electrons. The van der Waals surface area contributed by atoms with Crippen LogP contribution in [0.15, 0.2) is 52.5 Å². The first-order valence-electron chi connectivity index (χ1n) is 8.34. The summed E-state index contributed by atoms with van der Waals surface area (Å²) in [4.78, 5) is 6.75. The lowest BCUT2D eigenvalue weighted by Gasteiger charge is -2.22. The molecule has 1 N–H and O–H groups in total. The molecular formula is C19H22ClN3O2S. The largest absolute Gasteiger partial charge is 0.486 e. The Kier molecular flexibility index (Phi) is 6.68. The standard InChI is InChI=1S/C19H22ClN3O2S/c1-23(2)17(18-4-3-9-24-18)11-21-10-15-13-26-19(22-15)12-25-16-7-5-14(20)6-8-16/h3-9,13,17,21H,10-12H2,1-2H3. The molecule has 0 spiro atoms. The van der Waals surface area contributed by atoms with Crippen molar-refractivity contribution in [1.82, 2.24) is 15.2 Å². The summed E-state index contributed by atoms with van der Waals surface area (Å²) in [6.45, 7) is 1.95. The Morgan fingerprint density at radius 3 is 2.77 bits per heavy atom. The quantitative estimate of drug-likeness (QED) is 0.587. The van der Waals surface area contributed by atoms with Crippen LogP contribution in [0.3, 0.4) is 0 Å². The average molecular weight is 392 g/mol. The zero-order valence-electron chi connectivity index (χ0n) is 14.8. The molecular weight excluding hydrogens is 370 g/mol. The average Bonchev–Trinajstić information content (AvgIpc) is 3.30. The van der Waals surface area contributed by atoms with Crippen molar-refractivity contribution in [3.8, 4) is 5.75 Å². The van der Waals surface area contributed by atoms with Crippen LogP contribution < -0.4 is 10.1 Å². The highest BCUT2D eigenvalue weighted by molar-refractivity contribution is 7.09. The van der Waals surface area contributed by atoms with Crippen LogP contribution in [-0.2, 0) is 13.2 Å². The van der Waals surface area contributed by atoms with E-state index in [0.717, 1.165) is 28.8 Å². The van der Waals surface area contributed by atoms with Gasteiger partial charge in [-0.25, -0.2) is 4.98 Å². The first-order chi connectivity index (χ1) is 12.6. The SMILES string of the molecule is CN(C)C(CNCc1csc(COc2ccc(Cl)cc2)n1)c1ccco1. The van der Waals surface area contributed by atoms with Gasteiger partial charge in [0.05, 0.1) is 18.0 Å². The third-order valence-corrected chi connectivity index (χ3v) is 5.04. The van der Waals surface area contributed by atoms with Crippen LogP contribution in [0.5, 0.6) is 5.75 Å². The minimum atomic E-state index is 0.191. The second-order valence-electron chi connectivity index (χ2n) is 6.10. The maximum atomic E-state index is 5.87. The molecule has 1 aromatic carbocycles. The normalized spacial score (nSPS) is 12.5. The number of hydrogen-bond acceptors (Lipinski definition) is 6. The predicted molar refractivity (Wildman–Crippen MR) is 105 cm³/mol. The van der Waals surface area contributed by atoms with Crippen molar-refractivity contribution in [2.24, 2.45) is 0 Å². The van der Waals surface area contributed by atoms with Gasteiger partial charge in [-0.05, 0) is 50.5 Å². The number of nitrogens with one attached hydrogen (secondary N) is 1. The number of hydrogen-bond donors (Lipinski definition) is 1. The zero-order valence-corrected chi connectivity index (χ0v) is 16.4. The summed E-state index contributed by atoms with van der Waals surface area (Å²) >= 11 is 7.48. The fourth-order valence-electron chi connectivity index (χ4n) is 2.53. The zero-order chi connectivity index (χ0) is 18.4. The molecule has 0 bridgehead atoms. The molecule has 0 saturated carbocycles. The fraction of sp³-hybridized carbons (Fsp3) is 0.316. The highest BCUT2D eigenvalue weighted by atomic mass is 35.5. The summed E-state index contributed by atoms with van der Waals surface area (Å²) < 4.78 is 11.3. The number of aromatic nitrogens is 1. The van der Waals surface area contributed by atoms with Crippen molar-refractivity contribution in [2.75, 3.05) is 20.6 Å². The monoisotopic (exact) mass is 391 g/mol. The summed E-state index contributed by atoms with van der Waals surface area (Å²) in [5, 5.41) is 7.16. The van der Waals surface area contributed by atoms with E-state index in [9.17, 15) is 0 Å². The van der Waals surface area contributed by atoms with Gasteiger partial charge >= 0.3 is 0 Å². The number of thiazole rings is 1. The molecule has 2 aromatic heterocycles. The smallest absolute Gasteiger partial charge is 0.140 e. The highest BCUT2D eigenvalue weighted by Crippen LogP contribution is 2.19. The van der Waals surface area contributed by atoms with Crippen LogP contribution in [0.2, 0.25) is 5.02 Å². The molecule has 26 heavy (non-hydrogen) atoms. The summed E-state index contributed by atoms with van der Waals surface area (Å²) in [7, 11) is 4.09. The van der Waals surface area contributed by atoms with Gasteiger partial charge in [-0.2, -0.15) is 0 Å². The molecule has 5 nitrogen and oxygen atoms in total. The molecule has 0 fully saturated rings. The lowest BCUT2D eigenvalue weighted by Crippen LogP contribution is -2.30. The van der Waals surface area contributed by atoms with Gasteiger partial charge in [-0.3, -0.25) is 4.90 Å². The van der Waals surface area contributed by atoms with Gasteiger partial charge in [0.25, 0.3) is 0 Å². The van der Waals surface area contributed by atoms with Gasteiger partial charge in [0.15, 0.2) is 0 Å². The molecule has 0 saturated heterocycles. The highest BCUT2D eigenvalue weighted by Gasteiger charge is 2.16. The van der Waals surface area contributed by atoms with E-state index in [0.29, 0.717) is 18.2 Å². The van der Waals surface area contributed by atoms with E-state index in [-0.39, 0.29) is 6.04 Å². The Balaban J connectivity index is 1.46. The molecule has 3 aromatic rings. The van der Waals surface area contributed by atoms with E-state index in [1.165, 1.54) is 0 Å². The molecule has 2 heterocycles. The van der Waals surface area contributed by atoms with Gasteiger partial charge in [0.2, 0.25) is 0 Å². The molecule has 0 aliphatic carbocycles. The lowest BCUT2D eigenvalue weighted by atomic mass is 10.2. The maximum Gasteiger partial charge on any atom is 0.140 e. The Morgan fingerprint density at radius 1 is 1.27 bits per heavy atom. The fourth-order valence-corrected chi connectivity index (χ4v) is 3.36. The van der Waals surface area contributed by atoms with Crippen LogP contribution in [0.1, 0.15) is 22.5 Å². The topological polar surface area (TPSA) is 50.5 Å². The number of benzene rings is 1. The Hall–Kier alpha value is -1.86. The summed E-state index contributed by atoms with van der Waals surface area (Å²) in [5.41, 5.74) is 1.02. The third-order valence-electron chi connectivity index (χ3n) is 3.91. The Morgan fingerprint density at radius 2 is 2.08 bits per heavy atom. The maximum absolute atomic E-state index is 5.87. The van der Waals surface area contributed by atoms with Crippen molar-refractivity contribution in [1.29, 1.82) is 0 Å². The molecule has 3 rings (SSSR count). The van der Waals surface area contributed by atoms with Gasteiger partial charge in [0.1, 0.15) is 23.1 Å². The molecule has 1 atom stereocenters. The van der Waals surface area contributed by atoms with Crippen molar-refractivity contribution in [3.05, 3.63) is 69.5 Å². The van der Waals surface area contributed by atoms with E-state index >= 15 is 0 Å². The van der Waals surface area contributed by atoms with Crippen LogP contribution in [0, 0.1) is 0 Å². The van der Waals surface area contributed by atoms with Crippen molar-refractivity contribution >= 4 is 22.9 Å². The van der Waals surface area contributed by atoms with E-state index in [1.807, 2.05) is 50.5 Å². The van der Waals surface area contributed by atoms with Crippen molar-refractivity contribution in [3.63, 3.8) is 0 Å². The molecule has 0 aliphatic heterocycles. The van der Waals surface area contributed by atoms with E-state index < -0.39 is 0 Å². The number of halogens is 1. The van der Waals surface area contributed by atoms with E-state index in [1.54, 1.807) is 17.6 Å². The number of rotatable bonds is 9. The first-order valence-corrected chi connectivity index (χ1v) is 9.60. The van der Waals surface area contributed by atoms with Gasteiger partial charge in [0, 0.05) is 23.5 Å². The number of ether oxygens (including phenoxy) is 1. The number of furan rings is 1. The third kappa shape index (κ3) is 5.32. The van der Waals surface area contributed by atoms with Crippen molar-refractivity contribution < 1.29 is 9.15 Å². The molecule has 0 radical (unpaired) electrons. The van der Waals surface area contributed by atoms with Crippen molar-refractivity contribution in [2.45, 2.75) is 19.2 Å². The molecule has 0 aliphatic rings. The molecule has 7 heteroatoms. The lowest BCUT2D eigenvalue weighted by molar-refractivity contribution is 0.250. The van der Waals surface area contributed by atoms with Crippen LogP contribution in [0.4, 0.5) is 0 Å². The van der Waals surface area contributed by atoms with Gasteiger partial charge in [-0.15, -0.1) is 11.3 Å². The van der Waals surface area contributed by atoms with Gasteiger partial charge < -0.3 is 14.5 Å². The molecule has 0 amide bonds. The second kappa shape index (κ2) is 9.19. The van der Waals surface area contributed by atoms with E-state index in [2.05, 4.69) is 20.6 Å². The first kappa shape index (κ1) is 18.9. The summed E-state index contributed by atoms with van der Waals surface area (Å²) in [5.74, 6) is 1.74. The molecule has 1 unspecified atom stereocenters. The Bertz CT molecular complexity index is 787. The van der Waals surface area contributed by atoms with Gasteiger partial charge in [-0.1, -0.05) is 11.6 Å². The number of nitrogens with zero attached hydrogens (tertiary/aromatic N) is 2. The second-order valence-corrected chi connectivity index (χ2v) is 7.48. The van der Waals surface area contributed by atoms with E-state index in [4.69, 9.17) is 20.8 Å². The Labute approximate surface area is 162 Å². The predicted octanol–water partition coefficient (Wildman–Crippen LogP) is 4.36. The van der Waals surface area contributed by atoms with Crippen LogP contribution >= 0.6 is 22.9 Å². The minimum Gasteiger partial charge on any atom is -0.486 e. The van der Waals surface area contributed by atoms with Crippen LogP contribution in [-0.4, -0.2) is 30.5 Å². The van der Waals surface area contributed by atoms with Crippen LogP contribution in [0.25, 0.3) is 0 Å². The summed E-state index contributed by atoms with van der Waals surface area (Å²) in [6, 6.07) is 11.4. The minimum absolute atomic E-state index is 0.191. The summed E-state index contributed by atoms with van der Waals surface area (Å²) in [6.07, 6.45) is 1.71.